The number of nitrogens with zero attached hydrogens (tertiary/aromatic N) is 2. The number of hydrazone groups is 1. The average Bonchev–Trinajstić information content (AvgIpc) is 2.89. The molecule has 4 rings (SSSR count). The summed E-state index contributed by atoms with van der Waals surface area (Å²) in [5, 5.41) is 4.98. The Bertz CT molecular complexity index is 1450. The van der Waals surface area contributed by atoms with Gasteiger partial charge in [-0.1, -0.05) is 24.3 Å². The highest BCUT2D eigenvalue weighted by Gasteiger charge is 2.13. The number of nitrogens with one attached hydrogen (secondary N) is 1. The lowest BCUT2D eigenvalue weighted by molar-refractivity contribution is -0.123. The predicted molar refractivity (Wildman–Crippen MR) is 146 cm³/mol. The van der Waals surface area contributed by atoms with E-state index in [0.717, 1.165) is 11.3 Å². The molecule has 0 atom stereocenters. The van der Waals surface area contributed by atoms with Crippen LogP contribution >= 0.6 is 23.2 Å². The van der Waals surface area contributed by atoms with Crippen LogP contribution in [0.4, 0.5) is 5.69 Å². The Kier molecular flexibility index (Phi) is 8.46. The Morgan fingerprint density at radius 2 is 1.75 bits per heavy atom. The molecule has 1 amide bonds. The van der Waals surface area contributed by atoms with Crippen molar-refractivity contribution in [2.75, 3.05) is 36.4 Å². The average molecular weight is 526 g/mol. The van der Waals surface area contributed by atoms with Crippen LogP contribution in [0.15, 0.2) is 75.0 Å². The van der Waals surface area contributed by atoms with Crippen LogP contribution in [0.2, 0.25) is 0 Å². The van der Waals surface area contributed by atoms with Crippen molar-refractivity contribution in [2.24, 2.45) is 5.10 Å². The second-order valence-corrected chi connectivity index (χ2v) is 8.79. The lowest BCUT2D eigenvalue weighted by Gasteiger charge is -2.22. The highest BCUT2D eigenvalue weighted by molar-refractivity contribution is 6.18. The lowest BCUT2D eigenvalue weighted by atomic mass is 10.1. The Balaban J connectivity index is 1.37. The van der Waals surface area contributed by atoms with E-state index in [1.807, 2.05) is 30.3 Å². The third-order valence-electron chi connectivity index (χ3n) is 5.67. The quantitative estimate of drug-likeness (QED) is 0.135. The summed E-state index contributed by atoms with van der Waals surface area (Å²) in [5.41, 5.74) is 5.77. The van der Waals surface area contributed by atoms with E-state index in [1.54, 1.807) is 43.5 Å². The van der Waals surface area contributed by atoms with E-state index >= 15 is 0 Å². The summed E-state index contributed by atoms with van der Waals surface area (Å²) in [4.78, 5) is 27.1. The highest BCUT2D eigenvalue weighted by atomic mass is 35.5. The molecule has 0 aliphatic rings. The summed E-state index contributed by atoms with van der Waals surface area (Å²) < 4.78 is 11.6. The lowest BCUT2D eigenvalue weighted by Crippen LogP contribution is -2.27. The summed E-state index contributed by atoms with van der Waals surface area (Å²) in [6.07, 6.45) is 1.55. The van der Waals surface area contributed by atoms with Gasteiger partial charge in [-0.3, -0.25) is 9.59 Å². The third kappa shape index (κ3) is 5.80. The van der Waals surface area contributed by atoms with Gasteiger partial charge in [-0.2, -0.15) is 5.10 Å². The van der Waals surface area contributed by atoms with Crippen molar-refractivity contribution >= 4 is 62.9 Å². The number of anilines is 1. The van der Waals surface area contributed by atoms with Crippen molar-refractivity contribution < 1.29 is 13.9 Å². The number of halogens is 2. The van der Waals surface area contributed by atoms with E-state index in [0.29, 0.717) is 58.1 Å². The maximum absolute atomic E-state index is 12.8. The second-order valence-electron chi connectivity index (χ2n) is 8.03. The Morgan fingerprint density at radius 3 is 2.47 bits per heavy atom. The number of ether oxygens (including phenoxy) is 1. The Labute approximate surface area is 218 Å². The molecule has 1 N–H and O–H groups in total. The van der Waals surface area contributed by atoms with Gasteiger partial charge >= 0.3 is 0 Å². The number of rotatable bonds is 10. The van der Waals surface area contributed by atoms with Gasteiger partial charge in [-0.05, 0) is 48.9 Å². The second kappa shape index (κ2) is 11.9. The third-order valence-corrected chi connectivity index (χ3v) is 6.01. The van der Waals surface area contributed by atoms with Gasteiger partial charge in [0.25, 0.3) is 5.91 Å². The molecule has 0 bridgehead atoms. The fourth-order valence-corrected chi connectivity index (χ4v) is 4.25. The van der Waals surface area contributed by atoms with Crippen LogP contribution in [-0.4, -0.2) is 43.6 Å². The van der Waals surface area contributed by atoms with Gasteiger partial charge in [0.05, 0.1) is 17.0 Å². The van der Waals surface area contributed by atoms with Crippen LogP contribution < -0.4 is 20.5 Å². The molecule has 36 heavy (non-hydrogen) atoms. The van der Waals surface area contributed by atoms with Gasteiger partial charge in [0, 0.05) is 36.1 Å². The van der Waals surface area contributed by atoms with E-state index in [4.69, 9.17) is 32.4 Å². The number of aryl methyl sites for hydroxylation is 1. The zero-order chi connectivity index (χ0) is 25.5. The van der Waals surface area contributed by atoms with Gasteiger partial charge in [-0.15, -0.1) is 23.2 Å². The molecule has 0 unspecified atom stereocenters. The molecule has 0 fully saturated rings. The van der Waals surface area contributed by atoms with Gasteiger partial charge in [0.1, 0.15) is 16.9 Å². The van der Waals surface area contributed by atoms with Crippen LogP contribution in [0.3, 0.4) is 0 Å². The van der Waals surface area contributed by atoms with Crippen molar-refractivity contribution in [1.29, 1.82) is 0 Å². The van der Waals surface area contributed by atoms with E-state index in [2.05, 4.69) is 15.4 Å². The van der Waals surface area contributed by atoms with Crippen LogP contribution in [0.25, 0.3) is 21.9 Å². The minimum Gasteiger partial charge on any atom is -0.483 e. The van der Waals surface area contributed by atoms with Crippen molar-refractivity contribution in [1.82, 2.24) is 5.43 Å². The fourth-order valence-electron chi connectivity index (χ4n) is 3.84. The number of benzene rings is 3. The molecular formula is C27H25Cl2N3O4. The van der Waals surface area contributed by atoms with E-state index < -0.39 is 5.91 Å². The molecule has 0 aliphatic carbocycles. The summed E-state index contributed by atoms with van der Waals surface area (Å²) in [5.74, 6) is 1.06. The fraction of sp³-hybridized carbons (Fsp3) is 0.222. The molecule has 7 nitrogen and oxygen atoms in total. The van der Waals surface area contributed by atoms with E-state index in [9.17, 15) is 9.59 Å². The number of carbonyl (C=O) groups excluding carboxylic acids is 1. The van der Waals surface area contributed by atoms with Gasteiger partial charge < -0.3 is 14.1 Å². The smallest absolute Gasteiger partial charge is 0.277 e. The molecule has 1 aromatic heterocycles. The zero-order valence-corrected chi connectivity index (χ0v) is 21.2. The van der Waals surface area contributed by atoms with Crippen LogP contribution in [0, 0.1) is 6.92 Å². The maximum Gasteiger partial charge on any atom is 0.277 e. The van der Waals surface area contributed by atoms with Crippen molar-refractivity contribution in [2.45, 2.75) is 6.92 Å². The van der Waals surface area contributed by atoms with Gasteiger partial charge in [0.2, 0.25) is 5.43 Å². The van der Waals surface area contributed by atoms with Crippen molar-refractivity contribution in [3.8, 4) is 5.75 Å². The molecule has 186 valence electrons. The number of alkyl halides is 2. The van der Waals surface area contributed by atoms with Crippen LogP contribution in [0.5, 0.6) is 5.75 Å². The topological polar surface area (TPSA) is 84.1 Å². The minimum absolute atomic E-state index is 0.104. The first-order valence-corrected chi connectivity index (χ1v) is 12.5. The van der Waals surface area contributed by atoms with Crippen molar-refractivity contribution in [3.05, 3.63) is 82.0 Å². The molecule has 0 spiro atoms. The largest absolute Gasteiger partial charge is 0.483 e. The van der Waals surface area contributed by atoms with Crippen LogP contribution in [0.1, 0.15) is 11.1 Å². The van der Waals surface area contributed by atoms with Gasteiger partial charge in [-0.25, -0.2) is 5.43 Å². The summed E-state index contributed by atoms with van der Waals surface area (Å²) in [6, 6.07) is 18.1. The van der Waals surface area contributed by atoms with E-state index in [-0.39, 0.29) is 12.0 Å². The summed E-state index contributed by atoms with van der Waals surface area (Å²) in [7, 11) is 0. The van der Waals surface area contributed by atoms with E-state index in [1.165, 1.54) is 0 Å². The first-order chi connectivity index (χ1) is 17.5. The number of hydrogen-bond acceptors (Lipinski definition) is 6. The molecule has 0 aliphatic heterocycles. The Morgan fingerprint density at radius 1 is 1.03 bits per heavy atom. The highest BCUT2D eigenvalue weighted by Crippen LogP contribution is 2.28. The molecule has 9 heteroatoms. The molecule has 0 radical (unpaired) electrons. The molecule has 3 aromatic carbocycles. The normalized spacial score (nSPS) is 11.3. The summed E-state index contributed by atoms with van der Waals surface area (Å²) in [6.45, 7) is 2.96. The Hall–Kier alpha value is -3.55. The maximum atomic E-state index is 12.8. The molecular weight excluding hydrogens is 501 g/mol. The minimum atomic E-state index is -0.419. The molecule has 4 aromatic rings. The standard InChI is InChI=1S/C27H25Cl2N3O4/c1-18-23(11-10-22-26(34)21-4-2-3-5-24(21)36-27(18)22)35-17-25(33)31-30-16-19-6-8-20(9-7-19)32(14-12-28)15-13-29/h2-11,16H,12-15,17H2,1H3,(H,31,33)/b30-16+. The predicted octanol–water partition coefficient (Wildman–Crippen LogP) is 5.07. The number of amides is 1. The number of para-hydroxylation sites is 1. The SMILES string of the molecule is Cc1c(OCC(=O)N/N=C/c2ccc(N(CCCl)CCCl)cc2)ccc2c(=O)c3ccccc3oc12. The molecule has 0 saturated heterocycles. The number of hydrogen-bond donors (Lipinski definition) is 1. The van der Waals surface area contributed by atoms with Gasteiger partial charge in [0.15, 0.2) is 6.61 Å². The molecule has 1 heterocycles. The van der Waals surface area contributed by atoms with Crippen LogP contribution in [-0.2, 0) is 4.79 Å². The summed E-state index contributed by atoms with van der Waals surface area (Å²) >= 11 is 11.7. The zero-order valence-electron chi connectivity index (χ0n) is 19.7. The molecule has 0 saturated carbocycles. The first kappa shape index (κ1) is 25.5. The van der Waals surface area contributed by atoms with Crippen molar-refractivity contribution in [3.63, 3.8) is 0 Å². The first-order valence-electron chi connectivity index (χ1n) is 11.4. The number of carbonyl (C=O) groups is 1. The number of fused-ring (bicyclic) bond motifs is 2. The monoisotopic (exact) mass is 525 g/mol.